The molecule has 27 heavy (non-hydrogen) atoms. The Hall–Kier alpha value is -3.68. The molecular weight excluding hydrogens is 350 g/mol. The van der Waals surface area contributed by atoms with E-state index in [0.717, 1.165) is 0 Å². The molecule has 0 N–H and O–H groups in total. The fourth-order valence-corrected chi connectivity index (χ4v) is 2.71. The Labute approximate surface area is 154 Å². The molecule has 0 saturated carbocycles. The van der Waals surface area contributed by atoms with Crippen molar-refractivity contribution in [1.29, 1.82) is 0 Å². The zero-order valence-corrected chi connectivity index (χ0v) is 14.7. The Kier molecular flexibility index (Phi) is 4.89. The smallest absolute Gasteiger partial charge is 0.293 e. The number of oxazole rings is 1. The molecule has 0 aliphatic rings. The highest BCUT2D eigenvalue weighted by molar-refractivity contribution is 5.90. The number of carbonyl (C=O) groups is 1. The molecule has 8 heteroatoms. The van der Waals surface area contributed by atoms with Crippen molar-refractivity contribution in [2.45, 2.75) is 6.42 Å². The molecule has 0 fully saturated rings. The second-order valence-corrected chi connectivity index (χ2v) is 6.10. The number of nitro groups is 1. The van der Waals surface area contributed by atoms with E-state index in [1.165, 1.54) is 12.1 Å². The SMILES string of the molecule is CN(C)c1ccc(/C=C(\CC(=O)[O-])c2nc3ccccc3o2)cc1[N+](=O)[O-]. The Balaban J connectivity index is 2.09. The van der Waals surface area contributed by atoms with Crippen molar-refractivity contribution in [3.8, 4) is 0 Å². The van der Waals surface area contributed by atoms with Crippen LogP contribution in [0.25, 0.3) is 22.7 Å². The summed E-state index contributed by atoms with van der Waals surface area (Å²) in [6, 6.07) is 11.7. The molecule has 0 radical (unpaired) electrons. The van der Waals surface area contributed by atoms with E-state index in [1.54, 1.807) is 55.4 Å². The summed E-state index contributed by atoms with van der Waals surface area (Å²) in [5.74, 6) is -1.16. The van der Waals surface area contributed by atoms with Crippen LogP contribution < -0.4 is 10.0 Å². The van der Waals surface area contributed by atoms with Gasteiger partial charge in [-0.2, -0.15) is 0 Å². The predicted molar refractivity (Wildman–Crippen MR) is 98.9 cm³/mol. The highest BCUT2D eigenvalue weighted by Gasteiger charge is 2.17. The van der Waals surface area contributed by atoms with Gasteiger partial charge in [-0.15, -0.1) is 0 Å². The van der Waals surface area contributed by atoms with E-state index in [2.05, 4.69) is 4.98 Å². The summed E-state index contributed by atoms with van der Waals surface area (Å²) in [6.45, 7) is 0. The number of aliphatic carboxylic acids is 1. The van der Waals surface area contributed by atoms with Crippen LogP contribution in [-0.2, 0) is 4.79 Å². The lowest BCUT2D eigenvalue weighted by molar-refractivity contribution is -0.384. The number of aromatic nitrogens is 1. The maximum absolute atomic E-state index is 11.4. The molecule has 1 heterocycles. The second-order valence-electron chi connectivity index (χ2n) is 6.10. The van der Waals surface area contributed by atoms with Gasteiger partial charge in [0.1, 0.15) is 11.2 Å². The van der Waals surface area contributed by atoms with Crippen LogP contribution in [0.15, 0.2) is 46.9 Å². The highest BCUT2D eigenvalue weighted by Crippen LogP contribution is 2.30. The maximum atomic E-state index is 11.4. The largest absolute Gasteiger partial charge is 0.550 e. The van der Waals surface area contributed by atoms with Crippen molar-refractivity contribution in [3.05, 3.63) is 64.0 Å². The van der Waals surface area contributed by atoms with Crippen molar-refractivity contribution >= 4 is 40.1 Å². The third-order valence-corrected chi connectivity index (χ3v) is 3.92. The minimum absolute atomic E-state index is 0.0842. The third-order valence-electron chi connectivity index (χ3n) is 3.92. The molecule has 3 rings (SSSR count). The monoisotopic (exact) mass is 366 g/mol. The van der Waals surface area contributed by atoms with E-state index in [9.17, 15) is 20.0 Å². The zero-order chi connectivity index (χ0) is 19.6. The average molecular weight is 366 g/mol. The minimum Gasteiger partial charge on any atom is -0.550 e. The third kappa shape index (κ3) is 3.95. The molecule has 0 atom stereocenters. The molecule has 8 nitrogen and oxygen atoms in total. The predicted octanol–water partition coefficient (Wildman–Crippen LogP) is 2.48. The molecule has 0 aliphatic heterocycles. The van der Waals surface area contributed by atoms with Gasteiger partial charge in [-0.25, -0.2) is 4.98 Å². The van der Waals surface area contributed by atoms with Gasteiger partial charge in [0, 0.05) is 38.1 Å². The number of hydrogen-bond donors (Lipinski definition) is 0. The number of carbonyl (C=O) groups excluding carboxylic acids is 1. The number of anilines is 1. The first-order chi connectivity index (χ1) is 12.8. The molecular formula is C19H16N3O5-. The van der Waals surface area contributed by atoms with Crippen molar-refractivity contribution < 1.29 is 19.2 Å². The van der Waals surface area contributed by atoms with Crippen molar-refractivity contribution in [3.63, 3.8) is 0 Å². The first-order valence-electron chi connectivity index (χ1n) is 8.07. The van der Waals surface area contributed by atoms with Gasteiger partial charge in [-0.05, 0) is 29.8 Å². The lowest BCUT2D eigenvalue weighted by atomic mass is 10.1. The fraction of sp³-hybridized carbons (Fsp3) is 0.158. The Bertz CT molecular complexity index is 1020. The van der Waals surface area contributed by atoms with Gasteiger partial charge < -0.3 is 19.2 Å². The standard InChI is InChI=1S/C19H17N3O5/c1-21(2)15-8-7-12(10-16(15)22(25)26)9-13(11-18(23)24)19-20-14-5-3-4-6-17(14)27-19/h3-10H,11H2,1-2H3,(H,23,24)/p-1/b13-9+. The van der Waals surface area contributed by atoms with Crippen LogP contribution in [0.4, 0.5) is 11.4 Å². The van der Waals surface area contributed by atoms with Crippen molar-refractivity contribution in [1.82, 2.24) is 4.98 Å². The first-order valence-corrected chi connectivity index (χ1v) is 8.07. The number of nitro benzene ring substituents is 1. The van der Waals surface area contributed by atoms with E-state index < -0.39 is 17.3 Å². The fourth-order valence-electron chi connectivity index (χ4n) is 2.71. The van der Waals surface area contributed by atoms with Gasteiger partial charge in [0.05, 0.1) is 4.92 Å². The molecule has 0 saturated heterocycles. The number of carboxylic acid groups (broad SMARTS) is 1. The van der Waals surface area contributed by atoms with E-state index >= 15 is 0 Å². The number of nitrogens with zero attached hydrogens (tertiary/aromatic N) is 3. The van der Waals surface area contributed by atoms with Crippen molar-refractivity contribution in [2.24, 2.45) is 0 Å². The van der Waals surface area contributed by atoms with E-state index in [4.69, 9.17) is 4.42 Å². The molecule has 3 aromatic rings. The van der Waals surface area contributed by atoms with Crippen LogP contribution in [0.1, 0.15) is 17.9 Å². The summed E-state index contributed by atoms with van der Waals surface area (Å²) in [5.41, 5.74) is 2.19. The number of hydrogen-bond acceptors (Lipinski definition) is 7. The van der Waals surface area contributed by atoms with E-state index in [1.807, 2.05) is 0 Å². The molecule has 0 bridgehead atoms. The van der Waals surface area contributed by atoms with Crippen LogP contribution in [0, 0.1) is 10.1 Å². The van der Waals surface area contributed by atoms with Crippen LogP contribution in [0.3, 0.4) is 0 Å². The van der Waals surface area contributed by atoms with E-state index in [-0.39, 0.29) is 17.2 Å². The van der Waals surface area contributed by atoms with Gasteiger partial charge in [0.25, 0.3) is 5.69 Å². The second kappa shape index (κ2) is 7.28. The van der Waals surface area contributed by atoms with Gasteiger partial charge in [0.15, 0.2) is 5.58 Å². The summed E-state index contributed by atoms with van der Waals surface area (Å²) in [6.07, 6.45) is 1.07. The summed E-state index contributed by atoms with van der Waals surface area (Å²) in [5, 5.41) is 22.5. The zero-order valence-electron chi connectivity index (χ0n) is 14.7. The lowest BCUT2D eigenvalue weighted by Crippen LogP contribution is -2.22. The highest BCUT2D eigenvalue weighted by atomic mass is 16.6. The van der Waals surface area contributed by atoms with Crippen molar-refractivity contribution in [2.75, 3.05) is 19.0 Å². The molecule has 138 valence electrons. The van der Waals surface area contributed by atoms with Crippen LogP contribution in [0.5, 0.6) is 0 Å². The maximum Gasteiger partial charge on any atom is 0.293 e. The molecule has 0 unspecified atom stereocenters. The average Bonchev–Trinajstić information content (AvgIpc) is 3.04. The van der Waals surface area contributed by atoms with Gasteiger partial charge in [-0.1, -0.05) is 18.2 Å². The number of benzene rings is 2. The minimum atomic E-state index is -1.30. The summed E-state index contributed by atoms with van der Waals surface area (Å²) >= 11 is 0. The molecule has 0 spiro atoms. The Morgan fingerprint density at radius 2 is 2.00 bits per heavy atom. The summed E-state index contributed by atoms with van der Waals surface area (Å²) < 4.78 is 5.63. The first kappa shape index (κ1) is 18.1. The van der Waals surface area contributed by atoms with Crippen LogP contribution in [-0.4, -0.2) is 30.0 Å². The summed E-state index contributed by atoms with van der Waals surface area (Å²) in [4.78, 5) is 28.0. The number of fused-ring (bicyclic) bond motifs is 1. The van der Waals surface area contributed by atoms with Gasteiger partial charge in [-0.3, -0.25) is 10.1 Å². The Morgan fingerprint density at radius 3 is 2.63 bits per heavy atom. The van der Waals surface area contributed by atoms with E-state index in [0.29, 0.717) is 22.4 Å². The van der Waals surface area contributed by atoms with Gasteiger partial charge >= 0.3 is 0 Å². The molecule has 1 aromatic heterocycles. The van der Waals surface area contributed by atoms with Crippen LogP contribution in [0.2, 0.25) is 0 Å². The molecule has 0 amide bonds. The lowest BCUT2D eigenvalue weighted by Gasteiger charge is -2.13. The van der Waals surface area contributed by atoms with Crippen LogP contribution >= 0.6 is 0 Å². The topological polar surface area (TPSA) is 113 Å². The number of carboxylic acids is 1. The normalized spacial score (nSPS) is 11.6. The quantitative estimate of drug-likeness (QED) is 0.486. The Morgan fingerprint density at radius 1 is 1.26 bits per heavy atom. The number of rotatable bonds is 6. The molecule has 2 aromatic carbocycles. The summed E-state index contributed by atoms with van der Waals surface area (Å²) in [7, 11) is 3.41. The molecule has 0 aliphatic carbocycles. The van der Waals surface area contributed by atoms with Gasteiger partial charge in [0.2, 0.25) is 5.89 Å². The number of para-hydroxylation sites is 2.